The number of aliphatic hydroxyl groups excluding tert-OH is 1. The van der Waals surface area contributed by atoms with Crippen molar-refractivity contribution in [2.24, 2.45) is 0 Å². The topological polar surface area (TPSA) is 116 Å². The van der Waals surface area contributed by atoms with Gasteiger partial charge in [0.15, 0.2) is 6.23 Å². The lowest BCUT2D eigenvalue weighted by Crippen LogP contribution is -2.44. The molecule has 4 atom stereocenters. The van der Waals surface area contributed by atoms with Crippen LogP contribution in [0.25, 0.3) is 11.0 Å². The molecule has 0 aromatic carbocycles. The molecule has 4 N–H and O–H groups in total. The minimum Gasteiger partial charge on any atom is -0.387 e. The van der Waals surface area contributed by atoms with E-state index in [1.807, 2.05) is 20.8 Å². The van der Waals surface area contributed by atoms with Crippen LogP contribution < -0.4 is 5.73 Å². The minimum absolute atomic E-state index is 0.174. The monoisotopic (exact) mass is 336 g/mol. The first-order valence-electron chi connectivity index (χ1n) is 7.88. The lowest BCUT2D eigenvalue weighted by molar-refractivity contribution is -0.105. The summed E-state index contributed by atoms with van der Waals surface area (Å²) in [6, 6.07) is 1.76. The van der Waals surface area contributed by atoms with Gasteiger partial charge in [-0.15, -0.1) is 0 Å². The Morgan fingerprint density at radius 3 is 2.79 bits per heavy atom. The van der Waals surface area contributed by atoms with Crippen molar-refractivity contribution in [3.63, 3.8) is 0 Å². The van der Waals surface area contributed by atoms with E-state index in [-0.39, 0.29) is 12.2 Å². The highest BCUT2D eigenvalue weighted by atomic mass is 16.6. The van der Waals surface area contributed by atoms with E-state index in [0.717, 1.165) is 0 Å². The quantitative estimate of drug-likeness (QED) is 0.760. The van der Waals surface area contributed by atoms with E-state index in [2.05, 4.69) is 9.97 Å². The van der Waals surface area contributed by atoms with E-state index in [1.54, 1.807) is 16.8 Å². The van der Waals surface area contributed by atoms with Crippen molar-refractivity contribution in [3.8, 4) is 0 Å². The van der Waals surface area contributed by atoms with Gasteiger partial charge >= 0.3 is 0 Å². The molecular formula is C16H24N4O4. The maximum absolute atomic E-state index is 10.8. The van der Waals surface area contributed by atoms with Crippen molar-refractivity contribution < 1.29 is 19.7 Å². The first kappa shape index (κ1) is 17.1. The van der Waals surface area contributed by atoms with Crippen molar-refractivity contribution in [1.29, 1.82) is 0 Å². The number of anilines is 1. The van der Waals surface area contributed by atoms with E-state index >= 15 is 0 Å². The molecule has 8 heteroatoms. The maximum Gasteiger partial charge on any atom is 0.167 e. The molecule has 3 heterocycles. The van der Waals surface area contributed by atoms with E-state index in [1.165, 1.54) is 13.3 Å². The Bertz CT molecular complexity index is 737. The fourth-order valence-corrected chi connectivity index (χ4v) is 2.89. The maximum atomic E-state index is 10.8. The number of nitrogens with zero attached hydrogens (tertiary/aromatic N) is 3. The second-order valence-corrected chi connectivity index (χ2v) is 7.34. The van der Waals surface area contributed by atoms with E-state index in [0.29, 0.717) is 16.9 Å². The van der Waals surface area contributed by atoms with Gasteiger partial charge in [-0.3, -0.25) is 0 Å². The molecular weight excluding hydrogens is 312 g/mol. The van der Waals surface area contributed by atoms with Gasteiger partial charge in [-0.25, -0.2) is 9.97 Å². The summed E-state index contributed by atoms with van der Waals surface area (Å²) in [6.45, 7) is 7.47. The summed E-state index contributed by atoms with van der Waals surface area (Å²) in [7, 11) is 0. The molecule has 2 aromatic heterocycles. The average Bonchev–Trinajstić information content (AvgIpc) is 2.99. The molecule has 0 unspecified atom stereocenters. The average molecular weight is 336 g/mol. The van der Waals surface area contributed by atoms with Gasteiger partial charge in [0.2, 0.25) is 0 Å². The predicted molar refractivity (Wildman–Crippen MR) is 88.2 cm³/mol. The molecule has 8 nitrogen and oxygen atoms in total. The van der Waals surface area contributed by atoms with Crippen molar-refractivity contribution in [2.75, 3.05) is 12.3 Å². The molecule has 24 heavy (non-hydrogen) atoms. The first-order valence-corrected chi connectivity index (χ1v) is 7.88. The molecule has 132 valence electrons. The third-order valence-electron chi connectivity index (χ3n) is 4.23. The summed E-state index contributed by atoms with van der Waals surface area (Å²) >= 11 is 0. The van der Waals surface area contributed by atoms with Gasteiger partial charge in [-0.1, -0.05) is 0 Å². The number of rotatable bonds is 3. The highest BCUT2D eigenvalue weighted by molar-refractivity contribution is 5.86. The van der Waals surface area contributed by atoms with Gasteiger partial charge in [0.25, 0.3) is 0 Å². The lowest BCUT2D eigenvalue weighted by Gasteiger charge is -2.27. The van der Waals surface area contributed by atoms with Gasteiger partial charge in [0, 0.05) is 6.20 Å². The highest BCUT2D eigenvalue weighted by Gasteiger charge is 2.53. The van der Waals surface area contributed by atoms with E-state index in [9.17, 15) is 10.2 Å². The van der Waals surface area contributed by atoms with Crippen molar-refractivity contribution >= 4 is 16.9 Å². The zero-order valence-corrected chi connectivity index (χ0v) is 14.3. The van der Waals surface area contributed by atoms with Crippen LogP contribution in [0, 0.1) is 0 Å². The predicted octanol–water partition coefficient (Wildman–Crippen LogP) is 0.838. The molecule has 0 aliphatic carbocycles. The smallest absolute Gasteiger partial charge is 0.167 e. The third-order valence-corrected chi connectivity index (χ3v) is 4.23. The normalized spacial score (nSPS) is 31.0. The fraction of sp³-hybridized carbons (Fsp3) is 0.625. The van der Waals surface area contributed by atoms with Crippen molar-refractivity contribution in [1.82, 2.24) is 14.5 Å². The second-order valence-electron chi connectivity index (χ2n) is 7.34. The number of nitrogen functional groups attached to an aromatic ring is 1. The van der Waals surface area contributed by atoms with Crippen LogP contribution in [0.3, 0.4) is 0 Å². The summed E-state index contributed by atoms with van der Waals surface area (Å²) in [5.74, 6) is 0.351. The molecule has 1 aliphatic rings. The van der Waals surface area contributed by atoms with Gasteiger partial charge in [-0.05, 0) is 33.8 Å². The van der Waals surface area contributed by atoms with Gasteiger partial charge in [0.05, 0.1) is 17.6 Å². The largest absolute Gasteiger partial charge is 0.387 e. The van der Waals surface area contributed by atoms with E-state index < -0.39 is 24.0 Å². The number of aliphatic hydroxyl groups is 2. The Kier molecular flexibility index (Phi) is 4.03. The van der Waals surface area contributed by atoms with Gasteiger partial charge in [-0.2, -0.15) is 0 Å². The molecule has 1 aliphatic heterocycles. The molecule has 0 bridgehead atoms. The van der Waals surface area contributed by atoms with E-state index in [4.69, 9.17) is 15.2 Å². The Labute approximate surface area is 140 Å². The Morgan fingerprint density at radius 2 is 2.12 bits per heavy atom. The van der Waals surface area contributed by atoms with Crippen LogP contribution in [0.1, 0.15) is 33.9 Å². The zero-order chi connectivity index (χ0) is 17.7. The van der Waals surface area contributed by atoms with Crippen LogP contribution in [0.4, 0.5) is 5.82 Å². The molecule has 0 radical (unpaired) electrons. The highest BCUT2D eigenvalue weighted by Crippen LogP contribution is 2.40. The zero-order valence-electron chi connectivity index (χ0n) is 14.3. The minimum atomic E-state index is -1.50. The van der Waals surface area contributed by atoms with Crippen LogP contribution in [-0.4, -0.2) is 54.8 Å². The van der Waals surface area contributed by atoms with Crippen molar-refractivity contribution in [3.05, 3.63) is 18.6 Å². The molecule has 0 spiro atoms. The standard InChI is InChI=1S/C16H24N4O4/c1-15(2,3)23-7-10-11(21)16(4,22)14(24-10)20-6-5-9-12(17)18-8-19-13(9)20/h5-6,8,10-11,14,21-22H,7H2,1-4H3,(H2,17,18,19)/t10-,11-,14-,16-/m1/s1. The van der Waals surface area contributed by atoms with Gasteiger partial charge in [0.1, 0.15) is 35.6 Å². The van der Waals surface area contributed by atoms with Crippen LogP contribution in [0.15, 0.2) is 18.6 Å². The molecule has 3 rings (SSSR count). The Hall–Kier alpha value is -1.74. The number of hydrogen-bond donors (Lipinski definition) is 3. The Balaban J connectivity index is 1.91. The number of ether oxygens (including phenoxy) is 2. The number of aromatic nitrogens is 3. The van der Waals surface area contributed by atoms with Gasteiger partial charge < -0.3 is 30.0 Å². The van der Waals surface area contributed by atoms with Crippen LogP contribution in [0.2, 0.25) is 0 Å². The summed E-state index contributed by atoms with van der Waals surface area (Å²) in [6.07, 6.45) is 0.512. The summed E-state index contributed by atoms with van der Waals surface area (Å²) in [4.78, 5) is 8.17. The number of hydrogen-bond acceptors (Lipinski definition) is 7. The summed E-state index contributed by atoms with van der Waals surface area (Å²) < 4.78 is 13.3. The summed E-state index contributed by atoms with van der Waals surface area (Å²) in [5.41, 5.74) is 4.52. The second kappa shape index (κ2) is 5.66. The molecule has 2 aromatic rings. The van der Waals surface area contributed by atoms with Crippen molar-refractivity contribution in [2.45, 2.75) is 57.3 Å². The number of nitrogens with two attached hydrogens (primary N) is 1. The summed E-state index contributed by atoms with van der Waals surface area (Å²) in [5, 5.41) is 21.9. The molecule has 0 saturated carbocycles. The molecule has 1 saturated heterocycles. The van der Waals surface area contributed by atoms with Crippen LogP contribution >= 0.6 is 0 Å². The SMILES string of the molecule is CC(C)(C)OC[C@H]1O[C@@H](n2ccc3c(N)ncnc32)[C@](C)(O)[C@@H]1O. The third kappa shape index (κ3) is 2.86. The molecule has 1 fully saturated rings. The Morgan fingerprint density at radius 1 is 1.42 bits per heavy atom. The number of fused-ring (bicyclic) bond motifs is 1. The first-order chi connectivity index (χ1) is 11.1. The fourth-order valence-electron chi connectivity index (χ4n) is 2.89. The lowest BCUT2D eigenvalue weighted by atomic mass is 9.96. The van der Waals surface area contributed by atoms with Crippen LogP contribution in [0.5, 0.6) is 0 Å². The van der Waals surface area contributed by atoms with Crippen LogP contribution in [-0.2, 0) is 9.47 Å². The molecule has 0 amide bonds.